The molecule has 2 rings (SSSR count). The van der Waals surface area contributed by atoms with E-state index in [0.717, 1.165) is 18.5 Å². The number of aliphatic hydroxyl groups excluding tert-OH is 1. The molecule has 0 bridgehead atoms. The summed E-state index contributed by atoms with van der Waals surface area (Å²) in [5, 5.41) is 13.4. The summed E-state index contributed by atoms with van der Waals surface area (Å²) in [6.07, 6.45) is 5.18. The number of aryl methyl sites for hydroxylation is 1. The Bertz CT molecular complexity index is 418. The van der Waals surface area contributed by atoms with E-state index in [4.69, 9.17) is 0 Å². The maximum Gasteiger partial charge on any atom is 0.0645 e. The van der Waals surface area contributed by atoms with Crippen molar-refractivity contribution in [1.29, 1.82) is 0 Å². The van der Waals surface area contributed by atoms with Crippen LogP contribution in [-0.4, -0.2) is 21.0 Å². The molecule has 1 aromatic heterocycles. The van der Waals surface area contributed by atoms with E-state index < -0.39 is 0 Å². The molecule has 1 unspecified atom stereocenters. The summed E-state index contributed by atoms with van der Waals surface area (Å²) in [6, 6.07) is 10.2. The normalized spacial score (nSPS) is 12.6. The van der Waals surface area contributed by atoms with Crippen LogP contribution in [0.15, 0.2) is 42.7 Å². The summed E-state index contributed by atoms with van der Waals surface area (Å²) in [7, 11) is 0. The van der Waals surface area contributed by atoms with E-state index in [1.54, 1.807) is 6.20 Å². The second-order valence-electron chi connectivity index (χ2n) is 4.00. The van der Waals surface area contributed by atoms with Crippen LogP contribution < -0.4 is 0 Å². The average Bonchev–Trinajstić information content (AvgIpc) is 2.80. The lowest BCUT2D eigenvalue weighted by Crippen LogP contribution is -2.01. The molecule has 2 aromatic rings. The van der Waals surface area contributed by atoms with Crippen LogP contribution in [0.1, 0.15) is 18.9 Å². The van der Waals surface area contributed by atoms with Crippen LogP contribution in [0.5, 0.6) is 0 Å². The van der Waals surface area contributed by atoms with E-state index in [1.165, 1.54) is 5.56 Å². The molecule has 0 saturated carbocycles. The van der Waals surface area contributed by atoms with Gasteiger partial charge in [-0.2, -0.15) is 5.10 Å². The van der Waals surface area contributed by atoms with Gasteiger partial charge in [-0.1, -0.05) is 12.1 Å². The molecule has 0 aliphatic carbocycles. The molecule has 3 nitrogen and oxygen atoms in total. The van der Waals surface area contributed by atoms with Crippen molar-refractivity contribution in [3.8, 4) is 5.69 Å². The number of hydrogen-bond donors (Lipinski definition) is 1. The summed E-state index contributed by atoms with van der Waals surface area (Å²) in [4.78, 5) is 0. The van der Waals surface area contributed by atoms with Crippen LogP contribution in [0, 0.1) is 0 Å². The van der Waals surface area contributed by atoms with Gasteiger partial charge >= 0.3 is 0 Å². The fourth-order valence-electron chi connectivity index (χ4n) is 1.61. The third-order valence-corrected chi connectivity index (χ3v) is 2.56. The fourth-order valence-corrected chi connectivity index (χ4v) is 1.61. The van der Waals surface area contributed by atoms with Gasteiger partial charge < -0.3 is 5.11 Å². The highest BCUT2D eigenvalue weighted by Gasteiger charge is 1.99. The van der Waals surface area contributed by atoms with Gasteiger partial charge in [0.15, 0.2) is 0 Å². The van der Waals surface area contributed by atoms with Gasteiger partial charge in [0.1, 0.15) is 0 Å². The van der Waals surface area contributed by atoms with Gasteiger partial charge in [0, 0.05) is 12.4 Å². The van der Waals surface area contributed by atoms with Crippen molar-refractivity contribution in [3.05, 3.63) is 48.3 Å². The summed E-state index contributed by atoms with van der Waals surface area (Å²) in [5.41, 5.74) is 2.31. The Hall–Kier alpha value is -1.61. The smallest absolute Gasteiger partial charge is 0.0645 e. The first-order chi connectivity index (χ1) is 7.75. The third-order valence-electron chi connectivity index (χ3n) is 2.56. The second-order valence-corrected chi connectivity index (χ2v) is 4.00. The van der Waals surface area contributed by atoms with E-state index in [9.17, 15) is 5.11 Å². The van der Waals surface area contributed by atoms with Crippen molar-refractivity contribution in [2.45, 2.75) is 25.9 Å². The molecule has 0 radical (unpaired) electrons. The van der Waals surface area contributed by atoms with E-state index in [2.05, 4.69) is 17.2 Å². The molecule has 1 aromatic carbocycles. The quantitative estimate of drug-likeness (QED) is 0.850. The molecule has 16 heavy (non-hydrogen) atoms. The first-order valence-electron chi connectivity index (χ1n) is 5.53. The summed E-state index contributed by atoms with van der Waals surface area (Å²) < 4.78 is 1.83. The molecule has 1 N–H and O–H groups in total. The highest BCUT2D eigenvalue weighted by atomic mass is 16.3. The molecule has 0 aliphatic heterocycles. The lowest BCUT2D eigenvalue weighted by molar-refractivity contribution is 0.185. The van der Waals surface area contributed by atoms with Crippen molar-refractivity contribution in [3.63, 3.8) is 0 Å². The average molecular weight is 216 g/mol. The van der Waals surface area contributed by atoms with Crippen molar-refractivity contribution in [2.24, 2.45) is 0 Å². The maximum atomic E-state index is 9.20. The van der Waals surface area contributed by atoms with Crippen LogP contribution >= 0.6 is 0 Å². The molecule has 0 fully saturated rings. The highest BCUT2D eigenvalue weighted by molar-refractivity contribution is 5.33. The fraction of sp³-hybridized carbons (Fsp3) is 0.308. The van der Waals surface area contributed by atoms with E-state index in [0.29, 0.717) is 0 Å². The summed E-state index contributed by atoms with van der Waals surface area (Å²) in [6.45, 7) is 1.82. The van der Waals surface area contributed by atoms with Crippen molar-refractivity contribution >= 4 is 0 Å². The SMILES string of the molecule is CC(O)CCc1ccc(-n2cccn2)cc1. The van der Waals surface area contributed by atoms with Crippen LogP contribution in [0.2, 0.25) is 0 Å². The van der Waals surface area contributed by atoms with E-state index in [1.807, 2.05) is 36.0 Å². The van der Waals surface area contributed by atoms with Crippen LogP contribution in [0.4, 0.5) is 0 Å². The molecular formula is C13H16N2O. The van der Waals surface area contributed by atoms with Gasteiger partial charge in [0.25, 0.3) is 0 Å². The lowest BCUT2D eigenvalue weighted by atomic mass is 10.1. The second kappa shape index (κ2) is 4.94. The van der Waals surface area contributed by atoms with Gasteiger partial charge in [-0.05, 0) is 43.5 Å². The standard InChI is InChI=1S/C13H16N2O/c1-11(16)3-4-12-5-7-13(8-6-12)15-10-2-9-14-15/h2,5-11,16H,3-4H2,1H3. The molecule has 84 valence electrons. The molecule has 0 amide bonds. The Kier molecular flexibility index (Phi) is 3.37. The van der Waals surface area contributed by atoms with Crippen LogP contribution in [-0.2, 0) is 6.42 Å². The van der Waals surface area contributed by atoms with Crippen LogP contribution in [0.3, 0.4) is 0 Å². The molecule has 0 saturated heterocycles. The number of benzene rings is 1. The summed E-state index contributed by atoms with van der Waals surface area (Å²) >= 11 is 0. The minimum absolute atomic E-state index is 0.231. The molecule has 0 spiro atoms. The lowest BCUT2D eigenvalue weighted by Gasteiger charge is -2.05. The van der Waals surface area contributed by atoms with Crippen LogP contribution in [0.25, 0.3) is 5.69 Å². The zero-order valence-corrected chi connectivity index (χ0v) is 9.37. The van der Waals surface area contributed by atoms with Gasteiger partial charge in [-0.3, -0.25) is 0 Å². The molecule has 0 aliphatic rings. The third kappa shape index (κ3) is 2.70. The van der Waals surface area contributed by atoms with Gasteiger partial charge in [0.05, 0.1) is 11.8 Å². The minimum atomic E-state index is -0.231. The number of aliphatic hydroxyl groups is 1. The molecular weight excluding hydrogens is 200 g/mol. The molecule has 1 heterocycles. The van der Waals surface area contributed by atoms with Gasteiger partial charge in [-0.25, -0.2) is 4.68 Å². The predicted molar refractivity (Wildman–Crippen MR) is 63.6 cm³/mol. The van der Waals surface area contributed by atoms with Crippen molar-refractivity contribution in [2.75, 3.05) is 0 Å². The Morgan fingerprint density at radius 3 is 2.62 bits per heavy atom. The summed E-state index contributed by atoms with van der Waals surface area (Å²) in [5.74, 6) is 0. The first-order valence-corrected chi connectivity index (χ1v) is 5.53. The topological polar surface area (TPSA) is 38.0 Å². The number of nitrogens with zero attached hydrogens (tertiary/aromatic N) is 2. The first kappa shape index (κ1) is 10.9. The van der Waals surface area contributed by atoms with E-state index in [-0.39, 0.29) is 6.10 Å². The number of aromatic nitrogens is 2. The van der Waals surface area contributed by atoms with Crippen molar-refractivity contribution in [1.82, 2.24) is 9.78 Å². The van der Waals surface area contributed by atoms with Gasteiger partial charge in [0.2, 0.25) is 0 Å². The number of hydrogen-bond acceptors (Lipinski definition) is 2. The Labute approximate surface area is 95.3 Å². The van der Waals surface area contributed by atoms with Crippen molar-refractivity contribution < 1.29 is 5.11 Å². The largest absolute Gasteiger partial charge is 0.393 e. The van der Waals surface area contributed by atoms with Gasteiger partial charge in [-0.15, -0.1) is 0 Å². The zero-order valence-electron chi connectivity index (χ0n) is 9.37. The monoisotopic (exact) mass is 216 g/mol. The molecule has 1 atom stereocenters. The Balaban J connectivity index is 2.05. The molecule has 3 heteroatoms. The van der Waals surface area contributed by atoms with E-state index >= 15 is 0 Å². The minimum Gasteiger partial charge on any atom is -0.393 e. The zero-order chi connectivity index (χ0) is 11.4. The maximum absolute atomic E-state index is 9.20. The highest BCUT2D eigenvalue weighted by Crippen LogP contribution is 2.10. The number of rotatable bonds is 4. The Morgan fingerprint density at radius 2 is 2.06 bits per heavy atom. The predicted octanol–water partition coefficient (Wildman–Crippen LogP) is 2.19. The Morgan fingerprint density at radius 1 is 1.31 bits per heavy atom.